The van der Waals surface area contributed by atoms with Gasteiger partial charge in [-0.15, -0.1) is 0 Å². The van der Waals surface area contributed by atoms with Crippen molar-refractivity contribution in [2.45, 2.75) is 71.6 Å². The van der Waals surface area contributed by atoms with Gasteiger partial charge < -0.3 is 0 Å². The summed E-state index contributed by atoms with van der Waals surface area (Å²) < 4.78 is 0. The molecule has 0 heteroatoms. The molecule has 0 radical (unpaired) electrons. The maximum absolute atomic E-state index is 2.50. The zero-order valence-corrected chi connectivity index (χ0v) is 12.9. The highest BCUT2D eigenvalue weighted by Crippen LogP contribution is 2.46. The summed E-state index contributed by atoms with van der Waals surface area (Å²) in [7, 11) is 0. The van der Waals surface area contributed by atoms with Crippen LogP contribution in [0.1, 0.15) is 75.1 Å². The minimum absolute atomic E-state index is 0.419. The maximum atomic E-state index is 2.50. The highest BCUT2D eigenvalue weighted by molar-refractivity contribution is 5.78. The molecular weight excluding hydrogens is 228 g/mol. The molecule has 2 aliphatic rings. The van der Waals surface area contributed by atoms with E-state index in [2.05, 4.69) is 39.8 Å². The minimum atomic E-state index is 0.419. The molecule has 0 amide bonds. The third kappa shape index (κ3) is 1.96. The number of rotatable bonds is 1. The number of fused-ring (bicyclic) bond motifs is 1. The number of allylic oxidation sites excluding steroid dienone is 2. The molecule has 2 aliphatic carbocycles. The van der Waals surface area contributed by atoms with Crippen molar-refractivity contribution < 1.29 is 0 Å². The van der Waals surface area contributed by atoms with Crippen LogP contribution in [0.25, 0.3) is 5.57 Å². The summed E-state index contributed by atoms with van der Waals surface area (Å²) in [4.78, 5) is 0. The van der Waals surface area contributed by atoms with Gasteiger partial charge in [0.25, 0.3) is 0 Å². The van der Waals surface area contributed by atoms with Crippen LogP contribution in [0.5, 0.6) is 0 Å². The summed E-state index contributed by atoms with van der Waals surface area (Å²) in [5, 5.41) is 0. The van der Waals surface area contributed by atoms with Crippen molar-refractivity contribution in [1.82, 2.24) is 0 Å². The van der Waals surface area contributed by atoms with Crippen LogP contribution < -0.4 is 0 Å². The molecule has 0 aromatic heterocycles. The number of benzene rings is 1. The lowest BCUT2D eigenvalue weighted by molar-refractivity contribution is 0.319. The fourth-order valence-electron chi connectivity index (χ4n) is 4.12. The van der Waals surface area contributed by atoms with Gasteiger partial charge in [-0.3, -0.25) is 0 Å². The molecule has 1 aromatic carbocycles. The van der Waals surface area contributed by atoms with E-state index in [0.29, 0.717) is 5.41 Å². The maximum Gasteiger partial charge on any atom is -0.00552 e. The van der Waals surface area contributed by atoms with Crippen LogP contribution in [0.2, 0.25) is 0 Å². The van der Waals surface area contributed by atoms with Gasteiger partial charge in [-0.05, 0) is 73.3 Å². The van der Waals surface area contributed by atoms with E-state index < -0.39 is 0 Å². The van der Waals surface area contributed by atoms with Gasteiger partial charge in [-0.25, -0.2) is 0 Å². The quantitative estimate of drug-likeness (QED) is 0.615. The first-order valence-electron chi connectivity index (χ1n) is 7.82. The number of hydrogen-bond donors (Lipinski definition) is 0. The summed E-state index contributed by atoms with van der Waals surface area (Å²) in [6, 6.07) is 4.79. The van der Waals surface area contributed by atoms with Gasteiger partial charge in [0.15, 0.2) is 0 Å². The van der Waals surface area contributed by atoms with Crippen molar-refractivity contribution >= 4 is 5.57 Å². The van der Waals surface area contributed by atoms with Crippen LogP contribution in [-0.2, 0) is 11.8 Å². The number of hydrogen-bond acceptors (Lipinski definition) is 0. The molecular formula is C19H26. The van der Waals surface area contributed by atoms with Crippen LogP contribution in [0.4, 0.5) is 0 Å². The van der Waals surface area contributed by atoms with Gasteiger partial charge in [-0.2, -0.15) is 0 Å². The van der Waals surface area contributed by atoms with Crippen molar-refractivity contribution in [3.8, 4) is 0 Å². The normalized spacial score (nSPS) is 21.7. The zero-order valence-electron chi connectivity index (χ0n) is 12.9. The molecule has 1 saturated carbocycles. The Labute approximate surface area is 117 Å². The predicted octanol–water partition coefficient (Wildman–Crippen LogP) is 5.57. The van der Waals surface area contributed by atoms with Crippen LogP contribution in [0, 0.1) is 6.92 Å². The van der Waals surface area contributed by atoms with Crippen LogP contribution in [0.3, 0.4) is 0 Å². The van der Waals surface area contributed by atoms with E-state index in [-0.39, 0.29) is 0 Å². The van der Waals surface area contributed by atoms with E-state index in [1.165, 1.54) is 44.1 Å². The van der Waals surface area contributed by atoms with E-state index in [1.807, 2.05) is 0 Å². The molecule has 0 saturated heterocycles. The first-order valence-corrected chi connectivity index (χ1v) is 7.82. The molecule has 19 heavy (non-hydrogen) atoms. The van der Waals surface area contributed by atoms with Gasteiger partial charge in [0.2, 0.25) is 0 Å². The highest BCUT2D eigenvalue weighted by atomic mass is 14.4. The van der Waals surface area contributed by atoms with Crippen LogP contribution in [-0.4, -0.2) is 0 Å². The molecule has 0 bridgehead atoms. The molecule has 1 fully saturated rings. The molecule has 0 atom stereocenters. The molecule has 1 aromatic rings. The first kappa shape index (κ1) is 13.0. The Hall–Kier alpha value is -1.04. The standard InChI is InChI=1S/C19H26/c1-13-8-9-17(19(4)10-6-5-7-11-19)18-15(3)14(2)12-16(13)18/h8-9H,5-7,10-12H2,1-4H3. The first-order chi connectivity index (χ1) is 9.03. The van der Waals surface area contributed by atoms with Crippen LogP contribution >= 0.6 is 0 Å². The second kappa shape index (κ2) is 4.51. The summed E-state index contributed by atoms with van der Waals surface area (Å²) in [5.74, 6) is 0. The average molecular weight is 254 g/mol. The molecule has 0 N–H and O–H groups in total. The molecule has 0 nitrogen and oxygen atoms in total. The van der Waals surface area contributed by atoms with Gasteiger partial charge >= 0.3 is 0 Å². The lowest BCUT2D eigenvalue weighted by Gasteiger charge is -2.36. The Morgan fingerprint density at radius 2 is 1.63 bits per heavy atom. The van der Waals surface area contributed by atoms with Crippen molar-refractivity contribution in [3.05, 3.63) is 40.0 Å². The van der Waals surface area contributed by atoms with Crippen molar-refractivity contribution in [2.75, 3.05) is 0 Å². The van der Waals surface area contributed by atoms with E-state index in [4.69, 9.17) is 0 Å². The molecule has 0 unspecified atom stereocenters. The van der Waals surface area contributed by atoms with E-state index in [1.54, 1.807) is 27.8 Å². The Balaban J connectivity index is 2.16. The Kier molecular flexibility index (Phi) is 3.08. The summed E-state index contributed by atoms with van der Waals surface area (Å²) in [6.45, 7) is 9.41. The van der Waals surface area contributed by atoms with E-state index in [0.717, 1.165) is 0 Å². The summed E-state index contributed by atoms with van der Waals surface area (Å²) in [6.07, 6.45) is 8.15. The van der Waals surface area contributed by atoms with Gasteiger partial charge in [0, 0.05) is 0 Å². The zero-order chi connectivity index (χ0) is 13.6. The second-order valence-corrected chi connectivity index (χ2v) is 6.99. The van der Waals surface area contributed by atoms with Crippen LogP contribution in [0.15, 0.2) is 17.7 Å². The number of aryl methyl sites for hydroxylation is 1. The minimum Gasteiger partial charge on any atom is -0.0654 e. The Morgan fingerprint density at radius 3 is 2.32 bits per heavy atom. The lowest BCUT2D eigenvalue weighted by Crippen LogP contribution is -2.26. The lowest BCUT2D eigenvalue weighted by atomic mass is 9.68. The highest BCUT2D eigenvalue weighted by Gasteiger charge is 2.33. The molecule has 102 valence electrons. The fraction of sp³-hybridized carbons (Fsp3) is 0.579. The molecule has 0 spiro atoms. The van der Waals surface area contributed by atoms with Gasteiger partial charge in [-0.1, -0.05) is 43.9 Å². The molecule has 3 rings (SSSR count). The van der Waals surface area contributed by atoms with E-state index in [9.17, 15) is 0 Å². The van der Waals surface area contributed by atoms with Crippen molar-refractivity contribution in [2.24, 2.45) is 0 Å². The van der Waals surface area contributed by atoms with Crippen molar-refractivity contribution in [3.63, 3.8) is 0 Å². The third-order valence-corrected chi connectivity index (χ3v) is 5.61. The third-order valence-electron chi connectivity index (χ3n) is 5.61. The van der Waals surface area contributed by atoms with E-state index >= 15 is 0 Å². The molecule has 0 aliphatic heterocycles. The predicted molar refractivity (Wildman–Crippen MR) is 83.6 cm³/mol. The fourth-order valence-corrected chi connectivity index (χ4v) is 4.12. The van der Waals surface area contributed by atoms with Gasteiger partial charge in [0.1, 0.15) is 0 Å². The monoisotopic (exact) mass is 254 g/mol. The summed E-state index contributed by atoms with van der Waals surface area (Å²) >= 11 is 0. The average Bonchev–Trinajstić information content (AvgIpc) is 2.69. The second-order valence-electron chi connectivity index (χ2n) is 6.99. The topological polar surface area (TPSA) is 0 Å². The largest absolute Gasteiger partial charge is 0.0654 e. The van der Waals surface area contributed by atoms with Crippen molar-refractivity contribution in [1.29, 1.82) is 0 Å². The Morgan fingerprint density at radius 1 is 0.947 bits per heavy atom. The summed E-state index contributed by atoms with van der Waals surface area (Å²) in [5.41, 5.74) is 9.89. The van der Waals surface area contributed by atoms with Gasteiger partial charge in [0.05, 0.1) is 0 Å². The molecule has 0 heterocycles. The smallest absolute Gasteiger partial charge is 0.00552 e. The Bertz CT molecular complexity index is 539. The SMILES string of the molecule is CC1=C(C)c2c(C3(C)CCCCC3)ccc(C)c2C1.